The number of hydrogen-bond donors (Lipinski definition) is 7. The first-order valence-corrected chi connectivity index (χ1v) is 7.40. The fraction of sp³-hybridized carbons (Fsp3) is 0.500. The van der Waals surface area contributed by atoms with Crippen molar-refractivity contribution in [2.45, 2.75) is 26.2 Å². The highest BCUT2D eigenvalue weighted by atomic mass is 16.4. The molecule has 7 N–H and O–H groups in total. The zero-order valence-corrected chi connectivity index (χ0v) is 14.9. The average molecular weight is 394 g/mol. The predicted octanol–water partition coefficient (Wildman–Crippen LogP) is -0.436. The Bertz CT molecular complexity index is 477. The molecule has 0 aliphatic rings. The molecule has 0 bridgehead atoms. The summed E-state index contributed by atoms with van der Waals surface area (Å²) in [6, 6.07) is 0. The second kappa shape index (κ2) is 15.5. The minimum absolute atomic E-state index is 0.156. The van der Waals surface area contributed by atoms with Gasteiger partial charge in [-0.1, -0.05) is 20.1 Å². The Hall–Kier alpha value is -2.76. The van der Waals surface area contributed by atoms with Gasteiger partial charge >= 0.3 is 23.9 Å². The third-order valence-corrected chi connectivity index (χ3v) is 3.09. The van der Waals surface area contributed by atoms with Crippen LogP contribution in [-0.2, 0) is 19.2 Å². The molecular formula is C16H26O11. The molecule has 0 spiro atoms. The summed E-state index contributed by atoms with van der Waals surface area (Å²) in [4.78, 5) is 39.3. The summed E-state index contributed by atoms with van der Waals surface area (Å²) < 4.78 is 0. The molecule has 0 aromatic rings. The van der Waals surface area contributed by atoms with E-state index in [0.29, 0.717) is 6.42 Å². The maximum absolute atomic E-state index is 9.87. The van der Waals surface area contributed by atoms with Gasteiger partial charge in [0.25, 0.3) is 0 Å². The van der Waals surface area contributed by atoms with Gasteiger partial charge in [-0.05, 0) is 6.42 Å². The minimum Gasteiger partial charge on any atom is -0.481 e. The zero-order chi connectivity index (χ0) is 22.2. The molecule has 0 unspecified atom stereocenters. The minimum atomic E-state index is -1.27. The van der Waals surface area contributed by atoms with Crippen molar-refractivity contribution in [3.63, 3.8) is 0 Å². The summed E-state index contributed by atoms with van der Waals surface area (Å²) in [6.07, 6.45) is -0.416. The highest BCUT2D eigenvalue weighted by Crippen LogP contribution is 2.18. The summed E-state index contributed by atoms with van der Waals surface area (Å²) in [7, 11) is 0. The van der Waals surface area contributed by atoms with Crippen LogP contribution in [0.4, 0.5) is 0 Å². The molecule has 0 aliphatic carbocycles. The van der Waals surface area contributed by atoms with Crippen molar-refractivity contribution in [1.29, 1.82) is 0 Å². The number of carboxylic acids is 4. The van der Waals surface area contributed by atoms with E-state index in [-0.39, 0.29) is 31.0 Å². The molecule has 0 aromatic heterocycles. The molecule has 0 fully saturated rings. The van der Waals surface area contributed by atoms with Crippen LogP contribution in [0.3, 0.4) is 0 Å². The number of rotatable bonds is 10. The summed E-state index contributed by atoms with van der Waals surface area (Å²) in [5, 5.41) is 58.1. The average Bonchev–Trinajstić information content (AvgIpc) is 2.57. The van der Waals surface area contributed by atoms with E-state index in [9.17, 15) is 19.2 Å². The van der Waals surface area contributed by atoms with Crippen LogP contribution in [0, 0.1) is 5.41 Å². The van der Waals surface area contributed by atoms with Crippen molar-refractivity contribution in [2.24, 2.45) is 5.41 Å². The number of carboxylic acid groups (broad SMARTS) is 4. The molecule has 0 aromatic carbocycles. The lowest BCUT2D eigenvalue weighted by Gasteiger charge is -2.24. The van der Waals surface area contributed by atoms with Gasteiger partial charge in [-0.15, -0.1) is 0 Å². The highest BCUT2D eigenvalue weighted by Gasteiger charge is 2.24. The molecule has 0 amide bonds. The van der Waals surface area contributed by atoms with Gasteiger partial charge in [-0.25, -0.2) is 9.59 Å². The number of aliphatic hydroxyl groups excluding tert-OH is 3. The van der Waals surface area contributed by atoms with Crippen molar-refractivity contribution in [3.05, 3.63) is 24.3 Å². The van der Waals surface area contributed by atoms with Crippen LogP contribution in [0.15, 0.2) is 24.3 Å². The lowest BCUT2D eigenvalue weighted by Crippen LogP contribution is -2.32. The van der Waals surface area contributed by atoms with Crippen molar-refractivity contribution in [1.82, 2.24) is 0 Å². The highest BCUT2D eigenvalue weighted by molar-refractivity contribution is 5.91. The van der Waals surface area contributed by atoms with Gasteiger partial charge in [0.1, 0.15) is 0 Å². The number of aliphatic carboxylic acids is 4. The largest absolute Gasteiger partial charge is 0.481 e. The van der Waals surface area contributed by atoms with E-state index >= 15 is 0 Å². The maximum atomic E-state index is 9.87. The molecule has 156 valence electrons. The molecular weight excluding hydrogens is 368 g/mol. The number of aliphatic hydroxyl groups is 3. The van der Waals surface area contributed by atoms with Crippen LogP contribution in [0.25, 0.3) is 0 Å². The molecule has 0 saturated heterocycles. The topological polar surface area (TPSA) is 210 Å². The van der Waals surface area contributed by atoms with Crippen LogP contribution in [0.1, 0.15) is 26.2 Å². The Kier molecular flexibility index (Phi) is 16.7. The van der Waals surface area contributed by atoms with Crippen LogP contribution < -0.4 is 0 Å². The van der Waals surface area contributed by atoms with Gasteiger partial charge in [0.05, 0.1) is 32.7 Å². The molecule has 11 nitrogen and oxygen atoms in total. The molecule has 0 atom stereocenters. The SMILES string of the molecule is C=C(CC(=O)O)C(=O)O.C=C(CC(=O)O)C(=O)O.CCC(CO)(CO)CO. The van der Waals surface area contributed by atoms with E-state index in [0.717, 1.165) is 0 Å². The first-order chi connectivity index (χ1) is 12.3. The Labute approximate surface area is 155 Å². The molecule has 0 radical (unpaired) electrons. The zero-order valence-electron chi connectivity index (χ0n) is 14.9. The molecule has 0 saturated carbocycles. The second-order valence-electron chi connectivity index (χ2n) is 5.29. The van der Waals surface area contributed by atoms with Gasteiger partial charge in [-0.2, -0.15) is 0 Å². The van der Waals surface area contributed by atoms with E-state index < -0.39 is 42.1 Å². The Balaban J connectivity index is -0.000000320. The van der Waals surface area contributed by atoms with E-state index in [4.69, 9.17) is 35.7 Å². The molecule has 27 heavy (non-hydrogen) atoms. The summed E-state index contributed by atoms with van der Waals surface area (Å²) >= 11 is 0. The fourth-order valence-electron chi connectivity index (χ4n) is 1.00. The van der Waals surface area contributed by atoms with Gasteiger partial charge in [0.2, 0.25) is 0 Å². The fourth-order valence-corrected chi connectivity index (χ4v) is 1.00. The maximum Gasteiger partial charge on any atom is 0.331 e. The van der Waals surface area contributed by atoms with E-state index in [1.807, 2.05) is 6.92 Å². The van der Waals surface area contributed by atoms with Crippen LogP contribution in [0.2, 0.25) is 0 Å². The number of carbonyl (C=O) groups is 4. The molecule has 0 aliphatic heterocycles. The number of hydrogen-bond acceptors (Lipinski definition) is 7. The smallest absolute Gasteiger partial charge is 0.331 e. The second-order valence-corrected chi connectivity index (χ2v) is 5.29. The third kappa shape index (κ3) is 16.5. The quantitative estimate of drug-likeness (QED) is 0.236. The Morgan fingerprint density at radius 1 is 0.704 bits per heavy atom. The Morgan fingerprint density at radius 3 is 1.00 bits per heavy atom. The lowest BCUT2D eigenvalue weighted by atomic mass is 9.88. The van der Waals surface area contributed by atoms with Crippen LogP contribution in [-0.4, -0.2) is 79.4 Å². The monoisotopic (exact) mass is 394 g/mol. The van der Waals surface area contributed by atoms with Gasteiger partial charge in [0, 0.05) is 16.6 Å². The molecule has 11 heteroatoms. The standard InChI is InChI=1S/C6H14O3.2C5H6O4/c1-2-6(3-7,4-8)5-9;2*1-3(5(8)9)2-4(6)7/h7-9H,2-5H2,1H3;2*1-2H2,(H,6,7)(H,8,9). The summed E-state index contributed by atoms with van der Waals surface area (Å²) in [6.45, 7) is 7.38. The van der Waals surface area contributed by atoms with E-state index in [1.165, 1.54) is 0 Å². The first kappa shape index (κ1) is 29.0. The van der Waals surface area contributed by atoms with Crippen LogP contribution >= 0.6 is 0 Å². The normalized spacial score (nSPS) is 9.63. The van der Waals surface area contributed by atoms with Crippen molar-refractivity contribution in [3.8, 4) is 0 Å². The Morgan fingerprint density at radius 2 is 0.963 bits per heavy atom. The summed E-state index contributed by atoms with van der Waals surface area (Å²) in [5.41, 5.74) is -1.27. The summed E-state index contributed by atoms with van der Waals surface area (Å²) in [5.74, 6) is -4.89. The molecule has 0 rings (SSSR count). The predicted molar refractivity (Wildman–Crippen MR) is 92.0 cm³/mol. The van der Waals surface area contributed by atoms with E-state index in [1.54, 1.807) is 0 Å². The van der Waals surface area contributed by atoms with Crippen molar-refractivity contribution in [2.75, 3.05) is 19.8 Å². The first-order valence-electron chi connectivity index (χ1n) is 7.40. The third-order valence-electron chi connectivity index (χ3n) is 3.09. The van der Waals surface area contributed by atoms with E-state index in [2.05, 4.69) is 13.2 Å². The lowest BCUT2D eigenvalue weighted by molar-refractivity contribution is -0.139. The van der Waals surface area contributed by atoms with Gasteiger partial charge < -0.3 is 35.7 Å². The van der Waals surface area contributed by atoms with Gasteiger partial charge in [-0.3, -0.25) is 9.59 Å². The van der Waals surface area contributed by atoms with Crippen molar-refractivity contribution >= 4 is 23.9 Å². The van der Waals surface area contributed by atoms with Crippen LogP contribution in [0.5, 0.6) is 0 Å². The van der Waals surface area contributed by atoms with Gasteiger partial charge in [0.15, 0.2) is 0 Å². The van der Waals surface area contributed by atoms with Crippen molar-refractivity contribution < 1.29 is 54.9 Å². The molecule has 0 heterocycles.